The normalized spacial score (nSPS) is 11.2. The van der Waals surface area contributed by atoms with Crippen LogP contribution in [-0.4, -0.2) is 29.3 Å². The second-order valence-corrected chi connectivity index (χ2v) is 10.1. The number of sulfonamides is 2. The first kappa shape index (κ1) is 24.8. The molecule has 0 spiro atoms. The topological polar surface area (TPSA) is 94.4 Å². The number of benzene rings is 4. The van der Waals surface area contributed by atoms with E-state index in [0.717, 1.165) is 34.1 Å². The quantitative estimate of drug-likeness (QED) is 0.484. The molecule has 0 unspecified atom stereocenters. The number of hydrogen-bond acceptors (Lipinski definition) is 4. The van der Waals surface area contributed by atoms with E-state index in [1.54, 1.807) is 18.2 Å². The second-order valence-electron chi connectivity index (χ2n) is 6.72. The molecule has 0 radical (unpaired) electrons. The zero-order valence-corrected chi connectivity index (χ0v) is 19.1. The SMILES string of the molecule is CS(=O)(=O)Nc1cccc2ccccc12.CS(=O)(=O)[N-]c1cccc2ccccc12.[Li+]. The van der Waals surface area contributed by atoms with Crippen LogP contribution in [0.2, 0.25) is 0 Å². The predicted octanol–water partition coefficient (Wildman–Crippen LogP) is 2.02. The van der Waals surface area contributed by atoms with Crippen molar-refractivity contribution in [3.8, 4) is 0 Å². The fourth-order valence-corrected chi connectivity index (χ4v) is 4.07. The Morgan fingerprint density at radius 2 is 1.13 bits per heavy atom. The Bertz CT molecular complexity index is 1290. The van der Waals surface area contributed by atoms with E-state index in [1.807, 2.05) is 66.7 Å². The third kappa shape index (κ3) is 7.30. The van der Waals surface area contributed by atoms with Gasteiger partial charge in [-0.2, -0.15) is 0 Å². The van der Waals surface area contributed by atoms with E-state index in [0.29, 0.717) is 11.4 Å². The molecule has 0 amide bonds. The van der Waals surface area contributed by atoms with Gasteiger partial charge in [-0.1, -0.05) is 78.9 Å². The van der Waals surface area contributed by atoms with Crippen LogP contribution in [0, 0.1) is 0 Å². The third-order valence-electron chi connectivity index (χ3n) is 4.12. The maximum absolute atomic E-state index is 11.1. The van der Waals surface area contributed by atoms with Crippen LogP contribution in [0.25, 0.3) is 26.3 Å². The van der Waals surface area contributed by atoms with Crippen LogP contribution < -0.4 is 23.6 Å². The van der Waals surface area contributed by atoms with Crippen LogP contribution in [-0.2, 0) is 20.0 Å². The minimum absolute atomic E-state index is 0. The summed E-state index contributed by atoms with van der Waals surface area (Å²) in [7, 11) is -6.56. The molecule has 0 saturated heterocycles. The fourth-order valence-electron chi connectivity index (χ4n) is 2.98. The molecule has 0 aliphatic carbocycles. The van der Waals surface area contributed by atoms with E-state index in [9.17, 15) is 16.8 Å². The molecule has 0 saturated carbocycles. The number of nitrogens with one attached hydrogen (secondary N) is 1. The van der Waals surface area contributed by atoms with Crippen molar-refractivity contribution in [3.63, 3.8) is 0 Å². The van der Waals surface area contributed by atoms with E-state index in [-0.39, 0.29) is 18.9 Å². The Morgan fingerprint density at radius 3 is 1.71 bits per heavy atom. The summed E-state index contributed by atoms with van der Waals surface area (Å²) in [5.41, 5.74) is 1.12. The van der Waals surface area contributed by atoms with Gasteiger partial charge < -0.3 is 4.72 Å². The van der Waals surface area contributed by atoms with Gasteiger partial charge in [0.1, 0.15) is 0 Å². The molecule has 6 nitrogen and oxygen atoms in total. The first-order valence-corrected chi connectivity index (χ1v) is 12.7. The van der Waals surface area contributed by atoms with Crippen LogP contribution in [0.3, 0.4) is 0 Å². The summed E-state index contributed by atoms with van der Waals surface area (Å²) in [5, 5.41) is 3.77. The van der Waals surface area contributed by atoms with Gasteiger partial charge in [0.15, 0.2) is 0 Å². The first-order valence-electron chi connectivity index (χ1n) is 8.99. The van der Waals surface area contributed by atoms with Gasteiger partial charge >= 0.3 is 18.9 Å². The molecule has 31 heavy (non-hydrogen) atoms. The van der Waals surface area contributed by atoms with Crippen molar-refractivity contribution >= 4 is 53.0 Å². The molecule has 0 aromatic heterocycles. The zero-order valence-electron chi connectivity index (χ0n) is 17.5. The molecule has 9 heteroatoms. The number of hydrogen-bond donors (Lipinski definition) is 1. The summed E-state index contributed by atoms with van der Waals surface area (Å²) in [5.74, 6) is 0. The van der Waals surface area contributed by atoms with Gasteiger partial charge in [-0.3, -0.25) is 4.72 Å². The van der Waals surface area contributed by atoms with Crippen LogP contribution in [0.5, 0.6) is 0 Å². The van der Waals surface area contributed by atoms with Crippen molar-refractivity contribution in [2.75, 3.05) is 17.2 Å². The molecular weight excluding hydrogens is 427 g/mol. The number of nitrogens with zero attached hydrogens (tertiary/aromatic N) is 1. The minimum atomic E-state index is -3.34. The van der Waals surface area contributed by atoms with E-state index in [2.05, 4.69) is 9.44 Å². The van der Waals surface area contributed by atoms with Crippen molar-refractivity contribution in [2.24, 2.45) is 0 Å². The van der Waals surface area contributed by atoms with E-state index < -0.39 is 20.0 Å². The van der Waals surface area contributed by atoms with Gasteiger partial charge in [0.05, 0.1) is 22.0 Å². The summed E-state index contributed by atoms with van der Waals surface area (Å²) in [6.07, 6.45) is 2.24. The summed E-state index contributed by atoms with van der Waals surface area (Å²) in [6, 6.07) is 26.2. The van der Waals surface area contributed by atoms with Gasteiger partial charge in [-0.15, -0.1) is 5.69 Å². The molecule has 0 atom stereocenters. The zero-order chi connectivity index (χ0) is 21.8. The van der Waals surface area contributed by atoms with Crippen molar-refractivity contribution < 1.29 is 35.7 Å². The average molecular weight is 448 g/mol. The van der Waals surface area contributed by atoms with Crippen molar-refractivity contribution in [1.82, 2.24) is 0 Å². The molecule has 0 aliphatic rings. The predicted molar refractivity (Wildman–Crippen MR) is 124 cm³/mol. The molecule has 1 N–H and O–H groups in total. The standard InChI is InChI=1S/C11H11NO2S.C11H10NO2S.Li/c2*1-15(13,14)12-11-8-4-6-9-5-2-3-7-10(9)11;/h2-8,12H,1H3;2-8H,1H3;/q;-1;+1. The largest absolute Gasteiger partial charge is 1.00 e. The molecule has 0 heterocycles. The fraction of sp³-hybridized carbons (Fsp3) is 0.0909. The Kier molecular flexibility index (Phi) is 8.15. The summed E-state index contributed by atoms with van der Waals surface area (Å²) < 4.78 is 50.6. The van der Waals surface area contributed by atoms with Gasteiger partial charge in [0, 0.05) is 11.6 Å². The van der Waals surface area contributed by atoms with E-state index >= 15 is 0 Å². The Hall–Kier alpha value is -2.50. The third-order valence-corrected chi connectivity index (χ3v) is 5.23. The number of anilines is 1. The van der Waals surface area contributed by atoms with Crippen molar-refractivity contribution in [3.05, 3.63) is 89.7 Å². The number of fused-ring (bicyclic) bond motifs is 2. The molecule has 0 bridgehead atoms. The smallest absolute Gasteiger partial charge is 0.577 e. The Labute approximate surface area is 195 Å². The maximum atomic E-state index is 11.1. The Morgan fingerprint density at radius 1 is 0.645 bits per heavy atom. The van der Waals surface area contributed by atoms with E-state index in [4.69, 9.17) is 0 Å². The summed E-state index contributed by atoms with van der Waals surface area (Å²) in [6.45, 7) is 0. The molecule has 156 valence electrons. The van der Waals surface area contributed by atoms with Crippen LogP contribution in [0.4, 0.5) is 11.4 Å². The minimum Gasteiger partial charge on any atom is -0.577 e. The molecular formula is C22H21LiN2O4S2. The maximum Gasteiger partial charge on any atom is 1.00 e. The molecule has 4 aromatic carbocycles. The monoisotopic (exact) mass is 448 g/mol. The van der Waals surface area contributed by atoms with Gasteiger partial charge in [0.25, 0.3) is 0 Å². The van der Waals surface area contributed by atoms with Gasteiger partial charge in [-0.25, -0.2) is 16.8 Å². The average Bonchev–Trinajstić information content (AvgIpc) is 2.67. The van der Waals surface area contributed by atoms with Crippen LogP contribution >= 0.6 is 0 Å². The van der Waals surface area contributed by atoms with Crippen LogP contribution in [0.15, 0.2) is 84.9 Å². The van der Waals surface area contributed by atoms with Crippen molar-refractivity contribution in [2.45, 2.75) is 0 Å². The molecule has 0 fully saturated rings. The van der Waals surface area contributed by atoms with E-state index in [1.165, 1.54) is 0 Å². The first-order chi connectivity index (χ1) is 14.1. The number of rotatable bonds is 4. The molecule has 0 aliphatic heterocycles. The summed E-state index contributed by atoms with van der Waals surface area (Å²) >= 11 is 0. The summed E-state index contributed by atoms with van der Waals surface area (Å²) in [4.78, 5) is 0. The molecule has 4 aromatic rings. The molecule has 4 rings (SSSR count). The Balaban J connectivity index is 0.000000213. The van der Waals surface area contributed by atoms with Crippen LogP contribution in [0.1, 0.15) is 0 Å². The second kappa shape index (κ2) is 10.2. The van der Waals surface area contributed by atoms with Gasteiger partial charge in [-0.05, 0) is 22.2 Å². The van der Waals surface area contributed by atoms with Gasteiger partial charge in [0.2, 0.25) is 10.0 Å². The van der Waals surface area contributed by atoms with Crippen molar-refractivity contribution in [1.29, 1.82) is 0 Å².